The Kier molecular flexibility index (Phi) is 7.48. The minimum atomic E-state index is -3.47. The van der Waals surface area contributed by atoms with Crippen molar-refractivity contribution in [2.75, 3.05) is 19.4 Å². The Morgan fingerprint density at radius 1 is 1.24 bits per heavy atom. The molecule has 0 bridgehead atoms. The molecular formula is C15H28N4O5S. The molecule has 1 aliphatic heterocycles. The van der Waals surface area contributed by atoms with Crippen LogP contribution in [0.4, 0.5) is 0 Å². The SMILES string of the molecule is CS(=O)(=O)OCC1CCCN1N/C=C(/NC(=O)C1CCCCC1)ON. The molecule has 0 spiro atoms. The van der Waals surface area contributed by atoms with Crippen LogP contribution in [-0.2, 0) is 23.9 Å². The average molecular weight is 376 g/mol. The van der Waals surface area contributed by atoms with Gasteiger partial charge in [-0.15, -0.1) is 0 Å². The second kappa shape index (κ2) is 9.37. The van der Waals surface area contributed by atoms with Crippen LogP contribution in [0.3, 0.4) is 0 Å². The van der Waals surface area contributed by atoms with Gasteiger partial charge in [-0.2, -0.15) is 14.3 Å². The molecule has 2 rings (SSSR count). The van der Waals surface area contributed by atoms with Crippen molar-refractivity contribution in [3.8, 4) is 0 Å². The maximum absolute atomic E-state index is 12.2. The lowest BCUT2D eigenvalue weighted by Crippen LogP contribution is -2.42. The summed E-state index contributed by atoms with van der Waals surface area (Å²) in [6.07, 6.45) is 9.29. The number of hydrogen-bond acceptors (Lipinski definition) is 8. The van der Waals surface area contributed by atoms with Crippen molar-refractivity contribution in [1.82, 2.24) is 15.8 Å². The van der Waals surface area contributed by atoms with Gasteiger partial charge in [0, 0.05) is 12.5 Å². The Labute approximate surface area is 148 Å². The summed E-state index contributed by atoms with van der Waals surface area (Å²) in [6.45, 7) is 0.801. The van der Waals surface area contributed by atoms with Crippen molar-refractivity contribution >= 4 is 16.0 Å². The highest BCUT2D eigenvalue weighted by atomic mass is 32.2. The van der Waals surface area contributed by atoms with Crippen molar-refractivity contribution in [2.45, 2.75) is 51.0 Å². The molecule has 1 saturated heterocycles. The molecule has 2 fully saturated rings. The number of carbonyl (C=O) groups is 1. The van der Waals surface area contributed by atoms with E-state index in [2.05, 4.69) is 10.7 Å². The van der Waals surface area contributed by atoms with Gasteiger partial charge < -0.3 is 10.3 Å². The molecule has 1 aliphatic carbocycles. The molecule has 0 aromatic heterocycles. The molecule has 25 heavy (non-hydrogen) atoms. The van der Waals surface area contributed by atoms with Crippen molar-refractivity contribution < 1.29 is 22.2 Å². The second-order valence-electron chi connectivity index (χ2n) is 6.56. The molecule has 10 heteroatoms. The first-order valence-corrected chi connectivity index (χ1v) is 10.5. The van der Waals surface area contributed by atoms with Gasteiger partial charge in [0.15, 0.2) is 0 Å². The molecule has 1 unspecified atom stereocenters. The summed E-state index contributed by atoms with van der Waals surface area (Å²) in [5.41, 5.74) is 3.00. The van der Waals surface area contributed by atoms with Crippen LogP contribution in [0.15, 0.2) is 12.1 Å². The van der Waals surface area contributed by atoms with E-state index in [1.807, 2.05) is 5.01 Å². The molecule has 1 heterocycles. The Bertz CT molecular complexity index is 574. The topological polar surface area (TPSA) is 123 Å². The van der Waals surface area contributed by atoms with Crippen LogP contribution in [0.2, 0.25) is 0 Å². The van der Waals surface area contributed by atoms with E-state index >= 15 is 0 Å². The number of nitrogens with one attached hydrogen (secondary N) is 2. The van der Waals surface area contributed by atoms with E-state index in [0.29, 0.717) is 0 Å². The second-order valence-corrected chi connectivity index (χ2v) is 8.20. The molecule has 0 aromatic rings. The molecular weight excluding hydrogens is 348 g/mol. The third-order valence-electron chi connectivity index (χ3n) is 4.56. The highest BCUT2D eigenvalue weighted by Gasteiger charge is 2.26. The van der Waals surface area contributed by atoms with Crippen LogP contribution in [0.1, 0.15) is 44.9 Å². The predicted molar refractivity (Wildman–Crippen MR) is 91.7 cm³/mol. The van der Waals surface area contributed by atoms with Crippen molar-refractivity contribution in [2.24, 2.45) is 11.8 Å². The number of nitrogens with zero attached hydrogens (tertiary/aromatic N) is 1. The fourth-order valence-corrected chi connectivity index (χ4v) is 3.61. The lowest BCUT2D eigenvalue weighted by molar-refractivity contribution is -0.126. The molecule has 144 valence electrons. The molecule has 1 atom stereocenters. The van der Waals surface area contributed by atoms with E-state index in [4.69, 9.17) is 14.9 Å². The van der Waals surface area contributed by atoms with Gasteiger partial charge in [-0.05, 0) is 25.7 Å². The highest BCUT2D eigenvalue weighted by molar-refractivity contribution is 7.85. The molecule has 0 radical (unpaired) electrons. The molecule has 1 saturated carbocycles. The van der Waals surface area contributed by atoms with Gasteiger partial charge >= 0.3 is 0 Å². The first kappa shape index (κ1) is 20.0. The molecule has 4 N–H and O–H groups in total. The molecule has 0 aromatic carbocycles. The quantitative estimate of drug-likeness (QED) is 0.314. The van der Waals surface area contributed by atoms with Gasteiger partial charge in [0.2, 0.25) is 11.8 Å². The summed E-state index contributed by atoms with van der Waals surface area (Å²) in [6, 6.07) is -0.0842. The first-order chi connectivity index (χ1) is 11.9. The van der Waals surface area contributed by atoms with Gasteiger partial charge in [0.05, 0.1) is 25.1 Å². The van der Waals surface area contributed by atoms with E-state index in [9.17, 15) is 13.2 Å². The number of carbonyl (C=O) groups excluding carboxylic acids is 1. The van der Waals surface area contributed by atoms with Crippen LogP contribution in [0.5, 0.6) is 0 Å². The van der Waals surface area contributed by atoms with Crippen LogP contribution in [0, 0.1) is 5.92 Å². The standard InChI is InChI=1S/C15H28N4O5S/c1-25(21,22)23-11-13-8-5-9-19(13)17-10-14(24-16)18-15(20)12-6-3-2-4-7-12/h10,12-13,17H,2-9,11,16H2,1H3,(H,18,20)/b14-10-. The summed E-state index contributed by atoms with van der Waals surface area (Å²) in [4.78, 5) is 17.0. The number of hydrazine groups is 1. The molecule has 2 aliphatic rings. The monoisotopic (exact) mass is 376 g/mol. The van der Waals surface area contributed by atoms with Crippen LogP contribution >= 0.6 is 0 Å². The Morgan fingerprint density at radius 2 is 1.96 bits per heavy atom. The number of amides is 1. The summed E-state index contributed by atoms with van der Waals surface area (Å²) < 4.78 is 27.1. The summed E-state index contributed by atoms with van der Waals surface area (Å²) in [7, 11) is -3.47. The third-order valence-corrected chi connectivity index (χ3v) is 5.13. The lowest BCUT2D eigenvalue weighted by Gasteiger charge is -2.24. The lowest BCUT2D eigenvalue weighted by atomic mass is 9.89. The maximum Gasteiger partial charge on any atom is 0.264 e. The zero-order valence-electron chi connectivity index (χ0n) is 14.6. The summed E-state index contributed by atoms with van der Waals surface area (Å²) in [5.74, 6) is 5.28. The average Bonchev–Trinajstić information content (AvgIpc) is 3.04. The number of hydrogen-bond donors (Lipinski definition) is 3. The third kappa shape index (κ3) is 6.81. The van der Waals surface area contributed by atoms with E-state index in [1.165, 1.54) is 12.6 Å². The van der Waals surface area contributed by atoms with Gasteiger partial charge in [0.25, 0.3) is 10.1 Å². The van der Waals surface area contributed by atoms with Gasteiger partial charge in [-0.1, -0.05) is 19.3 Å². The van der Waals surface area contributed by atoms with Crippen LogP contribution in [-0.4, -0.2) is 44.8 Å². The zero-order chi connectivity index (χ0) is 18.3. The minimum Gasteiger partial charge on any atom is -0.391 e. The van der Waals surface area contributed by atoms with E-state index in [1.54, 1.807) is 0 Å². The zero-order valence-corrected chi connectivity index (χ0v) is 15.4. The highest BCUT2D eigenvalue weighted by Crippen LogP contribution is 2.23. The number of nitrogens with two attached hydrogens (primary N) is 1. The summed E-state index contributed by atoms with van der Waals surface area (Å²) in [5, 5.41) is 4.53. The van der Waals surface area contributed by atoms with Crippen LogP contribution in [0.25, 0.3) is 0 Å². The fourth-order valence-electron chi connectivity index (χ4n) is 3.21. The Hall–Kier alpha value is -1.36. The Morgan fingerprint density at radius 3 is 2.60 bits per heavy atom. The van der Waals surface area contributed by atoms with Crippen molar-refractivity contribution in [1.29, 1.82) is 0 Å². The van der Waals surface area contributed by atoms with Crippen LogP contribution < -0.4 is 16.6 Å². The smallest absolute Gasteiger partial charge is 0.264 e. The minimum absolute atomic E-state index is 0.00463. The summed E-state index contributed by atoms with van der Waals surface area (Å²) >= 11 is 0. The number of rotatable bonds is 8. The fraction of sp³-hybridized carbons (Fsp3) is 0.800. The van der Waals surface area contributed by atoms with E-state index in [-0.39, 0.29) is 30.4 Å². The van der Waals surface area contributed by atoms with Crippen molar-refractivity contribution in [3.63, 3.8) is 0 Å². The largest absolute Gasteiger partial charge is 0.391 e. The van der Waals surface area contributed by atoms with E-state index in [0.717, 1.165) is 51.3 Å². The van der Waals surface area contributed by atoms with Crippen molar-refractivity contribution in [3.05, 3.63) is 12.1 Å². The first-order valence-electron chi connectivity index (χ1n) is 8.64. The Balaban J connectivity index is 1.85. The molecule has 1 amide bonds. The van der Waals surface area contributed by atoms with Gasteiger partial charge in [0.1, 0.15) is 0 Å². The van der Waals surface area contributed by atoms with E-state index < -0.39 is 10.1 Å². The van der Waals surface area contributed by atoms with Gasteiger partial charge in [-0.3, -0.25) is 14.3 Å². The normalized spacial score (nSPS) is 23.4. The molecule has 9 nitrogen and oxygen atoms in total. The van der Waals surface area contributed by atoms with Gasteiger partial charge in [-0.25, -0.2) is 5.01 Å². The maximum atomic E-state index is 12.2. The predicted octanol–water partition coefficient (Wildman–Crippen LogP) is 0.317.